The highest BCUT2D eigenvalue weighted by Crippen LogP contribution is 2.27. The highest BCUT2D eigenvalue weighted by molar-refractivity contribution is 6.30. The molecule has 0 bridgehead atoms. The number of ether oxygens (including phenoxy) is 1. The van der Waals surface area contributed by atoms with Crippen molar-refractivity contribution >= 4 is 40.8 Å². The number of piperidine rings is 1. The number of rotatable bonds is 7. The Bertz CT molecular complexity index is 1020. The van der Waals surface area contributed by atoms with Crippen LogP contribution in [-0.4, -0.2) is 47.3 Å². The quantitative estimate of drug-likeness (QED) is 0.601. The van der Waals surface area contributed by atoms with Crippen molar-refractivity contribution in [1.82, 2.24) is 9.88 Å². The van der Waals surface area contributed by atoms with Crippen LogP contribution in [0.2, 0.25) is 5.02 Å². The zero-order chi connectivity index (χ0) is 23.2. The van der Waals surface area contributed by atoms with Gasteiger partial charge in [0.05, 0.1) is 11.6 Å². The number of hydrogen-bond donors (Lipinski definition) is 2. The summed E-state index contributed by atoms with van der Waals surface area (Å²) in [6.45, 7) is 1.59. The van der Waals surface area contributed by atoms with Gasteiger partial charge in [-0.1, -0.05) is 11.6 Å². The van der Waals surface area contributed by atoms with Crippen LogP contribution in [0.25, 0.3) is 0 Å². The minimum atomic E-state index is -0.136. The molecular weight excluding hydrogens is 444 g/mol. The fraction of sp³-hybridized carbons (Fsp3) is 0.417. The molecule has 1 fully saturated rings. The molecule has 2 aromatic rings. The van der Waals surface area contributed by atoms with Crippen LogP contribution in [0, 0.1) is 5.92 Å². The van der Waals surface area contributed by atoms with Gasteiger partial charge in [0.25, 0.3) is 0 Å². The molecule has 2 aliphatic heterocycles. The third-order valence-corrected chi connectivity index (χ3v) is 6.20. The van der Waals surface area contributed by atoms with Crippen LogP contribution in [0.1, 0.15) is 37.7 Å². The van der Waals surface area contributed by atoms with Gasteiger partial charge >= 0.3 is 0 Å². The van der Waals surface area contributed by atoms with Gasteiger partial charge in [-0.15, -0.1) is 0 Å². The summed E-state index contributed by atoms with van der Waals surface area (Å²) in [5.74, 6) is 1.15. The molecule has 2 N–H and O–H groups in total. The van der Waals surface area contributed by atoms with Crippen molar-refractivity contribution in [2.45, 2.75) is 38.5 Å². The zero-order valence-corrected chi connectivity index (χ0v) is 19.1. The zero-order valence-electron chi connectivity index (χ0n) is 18.3. The van der Waals surface area contributed by atoms with Crippen molar-refractivity contribution in [2.24, 2.45) is 5.92 Å². The van der Waals surface area contributed by atoms with Gasteiger partial charge in [0.15, 0.2) is 0 Å². The Hall–Kier alpha value is -3.13. The molecule has 0 saturated carbocycles. The summed E-state index contributed by atoms with van der Waals surface area (Å²) in [5.41, 5.74) is 1.91. The largest absolute Gasteiger partial charge is 0.494 e. The van der Waals surface area contributed by atoms with E-state index >= 15 is 0 Å². The molecule has 0 atom stereocenters. The van der Waals surface area contributed by atoms with Gasteiger partial charge in [0.2, 0.25) is 17.7 Å². The first-order valence-electron chi connectivity index (χ1n) is 11.2. The van der Waals surface area contributed by atoms with Crippen LogP contribution < -0.4 is 15.4 Å². The molecule has 8 nitrogen and oxygen atoms in total. The van der Waals surface area contributed by atoms with Crippen LogP contribution in [0.5, 0.6) is 5.75 Å². The minimum Gasteiger partial charge on any atom is -0.494 e. The molecule has 9 heteroatoms. The molecule has 3 amide bonds. The lowest BCUT2D eigenvalue weighted by atomic mass is 9.95. The second-order valence-corrected chi connectivity index (χ2v) is 8.76. The predicted molar refractivity (Wildman–Crippen MR) is 125 cm³/mol. The van der Waals surface area contributed by atoms with Gasteiger partial charge < -0.3 is 20.3 Å². The predicted octanol–water partition coefficient (Wildman–Crippen LogP) is 3.66. The summed E-state index contributed by atoms with van der Waals surface area (Å²) in [4.78, 5) is 42.4. The Morgan fingerprint density at radius 3 is 2.76 bits per heavy atom. The normalized spacial score (nSPS) is 16.0. The van der Waals surface area contributed by atoms with E-state index in [0.717, 1.165) is 17.0 Å². The number of fused-ring (bicyclic) bond motifs is 1. The number of pyridine rings is 1. The van der Waals surface area contributed by atoms with Crippen molar-refractivity contribution in [1.29, 1.82) is 0 Å². The number of hydrogen-bond acceptors (Lipinski definition) is 5. The van der Waals surface area contributed by atoms with Gasteiger partial charge in [0, 0.05) is 43.7 Å². The highest BCUT2D eigenvalue weighted by Gasteiger charge is 2.27. The van der Waals surface area contributed by atoms with Gasteiger partial charge in [-0.25, -0.2) is 4.98 Å². The molecule has 0 unspecified atom stereocenters. The molecule has 174 valence electrons. The molecular formula is C24H27ClN4O4. The Balaban J connectivity index is 1.15. The average Bonchev–Trinajstić information content (AvgIpc) is 2.83. The first kappa shape index (κ1) is 23.0. The molecule has 1 aromatic heterocycles. The SMILES string of the molecule is O=C1CCc2cc(OCCCC(=O)N3CCC(C(=O)Nc4ccc(Cl)cn4)CC3)ccc2N1. The maximum Gasteiger partial charge on any atom is 0.228 e. The molecule has 33 heavy (non-hydrogen) atoms. The topological polar surface area (TPSA) is 101 Å². The van der Waals surface area contributed by atoms with E-state index in [9.17, 15) is 14.4 Å². The second kappa shape index (κ2) is 10.7. The number of amides is 3. The molecule has 1 saturated heterocycles. The van der Waals surface area contributed by atoms with Crippen molar-refractivity contribution in [3.05, 3.63) is 47.1 Å². The number of aryl methyl sites for hydroxylation is 1. The highest BCUT2D eigenvalue weighted by atomic mass is 35.5. The van der Waals surface area contributed by atoms with E-state index in [-0.39, 0.29) is 23.6 Å². The average molecular weight is 471 g/mol. The first-order chi connectivity index (χ1) is 16.0. The first-order valence-corrected chi connectivity index (χ1v) is 11.6. The molecule has 2 aliphatic rings. The summed E-state index contributed by atoms with van der Waals surface area (Å²) in [6.07, 6.45) is 4.98. The molecule has 3 heterocycles. The minimum absolute atomic E-state index is 0.0397. The third-order valence-electron chi connectivity index (χ3n) is 5.97. The molecule has 0 radical (unpaired) electrons. The smallest absolute Gasteiger partial charge is 0.228 e. The summed E-state index contributed by atoms with van der Waals surface area (Å²) in [5, 5.41) is 6.18. The summed E-state index contributed by atoms with van der Waals surface area (Å²) in [7, 11) is 0. The van der Waals surface area contributed by atoms with Crippen molar-refractivity contribution in [3.63, 3.8) is 0 Å². The number of halogens is 1. The van der Waals surface area contributed by atoms with Crippen LogP contribution in [-0.2, 0) is 20.8 Å². The van der Waals surface area contributed by atoms with Crippen molar-refractivity contribution in [2.75, 3.05) is 30.3 Å². The van der Waals surface area contributed by atoms with Crippen LogP contribution in [0.4, 0.5) is 11.5 Å². The van der Waals surface area contributed by atoms with E-state index < -0.39 is 0 Å². The van der Waals surface area contributed by atoms with E-state index in [1.807, 2.05) is 23.1 Å². The fourth-order valence-corrected chi connectivity index (χ4v) is 4.20. The number of benzene rings is 1. The third kappa shape index (κ3) is 6.22. The number of nitrogens with one attached hydrogen (secondary N) is 2. The molecule has 0 aliphatic carbocycles. The number of likely N-dealkylation sites (tertiary alicyclic amines) is 1. The lowest BCUT2D eigenvalue weighted by Gasteiger charge is -2.31. The van der Waals surface area contributed by atoms with Crippen molar-refractivity contribution in [3.8, 4) is 5.75 Å². The lowest BCUT2D eigenvalue weighted by Crippen LogP contribution is -2.41. The Labute approximate surface area is 197 Å². The molecule has 0 spiro atoms. The van der Waals surface area contributed by atoms with Gasteiger partial charge in [-0.3, -0.25) is 14.4 Å². The summed E-state index contributed by atoms with van der Waals surface area (Å²) < 4.78 is 5.80. The van der Waals surface area contributed by atoms with E-state index in [4.69, 9.17) is 16.3 Å². The van der Waals surface area contributed by atoms with Crippen molar-refractivity contribution < 1.29 is 19.1 Å². The van der Waals surface area contributed by atoms with Crippen LogP contribution >= 0.6 is 11.6 Å². The Morgan fingerprint density at radius 2 is 2.00 bits per heavy atom. The van der Waals surface area contributed by atoms with Gasteiger partial charge in [-0.05, 0) is 61.6 Å². The molecule has 1 aromatic carbocycles. The van der Waals surface area contributed by atoms with Crippen LogP contribution in [0.3, 0.4) is 0 Å². The lowest BCUT2D eigenvalue weighted by molar-refractivity contribution is -0.134. The standard InChI is InChI=1S/C24H27ClN4O4/c25-18-4-7-21(26-15-18)28-24(32)16-9-11-29(12-10-16)23(31)2-1-13-33-19-5-6-20-17(14-19)3-8-22(30)27-20/h4-7,14-16H,1-3,8-13H2,(H,27,30)(H,26,28,32). The Morgan fingerprint density at radius 1 is 1.18 bits per heavy atom. The molecule has 4 rings (SSSR count). The van der Waals surface area contributed by atoms with E-state index in [1.165, 1.54) is 6.20 Å². The van der Waals surface area contributed by atoms with Gasteiger partial charge in [-0.2, -0.15) is 0 Å². The number of carbonyl (C=O) groups is 3. The number of anilines is 2. The Kier molecular flexibility index (Phi) is 7.44. The number of aromatic nitrogens is 1. The maximum absolute atomic E-state index is 12.5. The summed E-state index contributed by atoms with van der Waals surface area (Å²) in [6, 6.07) is 8.99. The fourth-order valence-electron chi connectivity index (χ4n) is 4.09. The number of carbonyl (C=O) groups excluding carboxylic acids is 3. The summed E-state index contributed by atoms with van der Waals surface area (Å²) >= 11 is 5.82. The number of nitrogens with zero attached hydrogens (tertiary/aromatic N) is 2. The maximum atomic E-state index is 12.5. The van der Waals surface area contributed by atoms with Gasteiger partial charge in [0.1, 0.15) is 11.6 Å². The van der Waals surface area contributed by atoms with Crippen LogP contribution in [0.15, 0.2) is 36.5 Å². The monoisotopic (exact) mass is 470 g/mol. The second-order valence-electron chi connectivity index (χ2n) is 8.33. The van der Waals surface area contributed by atoms with E-state index in [1.54, 1.807) is 12.1 Å². The van der Waals surface area contributed by atoms with E-state index in [2.05, 4.69) is 15.6 Å². The van der Waals surface area contributed by atoms with E-state index in [0.29, 0.717) is 69.1 Å².